The van der Waals surface area contributed by atoms with Crippen LogP contribution >= 0.6 is 0 Å². The zero-order valence-corrected chi connectivity index (χ0v) is 11.8. The summed E-state index contributed by atoms with van der Waals surface area (Å²) in [7, 11) is -4.37. The SMILES string of the molecule is O=C(c1ccccc1)N1c2ccccc2CC1S(=O)(=O)O. The minimum Gasteiger partial charge on any atom is -0.288 e. The number of nitrogens with zero attached hydrogens (tertiary/aromatic N) is 1. The lowest BCUT2D eigenvalue weighted by molar-refractivity contribution is 0.0985. The summed E-state index contributed by atoms with van der Waals surface area (Å²) in [6.45, 7) is 0. The summed E-state index contributed by atoms with van der Waals surface area (Å²) in [5.74, 6) is -0.442. The number of hydrogen-bond acceptors (Lipinski definition) is 3. The van der Waals surface area contributed by atoms with Crippen LogP contribution in [0.25, 0.3) is 0 Å². The van der Waals surface area contributed by atoms with E-state index in [1.165, 1.54) is 0 Å². The first kappa shape index (κ1) is 13.8. The molecule has 0 saturated carbocycles. The van der Waals surface area contributed by atoms with Crippen LogP contribution in [0.4, 0.5) is 5.69 Å². The molecule has 1 N–H and O–H groups in total. The van der Waals surface area contributed by atoms with Gasteiger partial charge in [-0.3, -0.25) is 14.2 Å². The van der Waals surface area contributed by atoms with Gasteiger partial charge in [0.25, 0.3) is 16.0 Å². The Morgan fingerprint density at radius 2 is 1.67 bits per heavy atom. The molecule has 1 atom stereocenters. The Hall–Kier alpha value is -2.18. The summed E-state index contributed by atoms with van der Waals surface area (Å²) in [5.41, 5.74) is 1.63. The molecule has 1 amide bonds. The summed E-state index contributed by atoms with van der Waals surface area (Å²) >= 11 is 0. The van der Waals surface area contributed by atoms with Gasteiger partial charge in [0.05, 0.1) is 0 Å². The zero-order chi connectivity index (χ0) is 15.0. The van der Waals surface area contributed by atoms with Crippen molar-refractivity contribution < 1.29 is 17.8 Å². The van der Waals surface area contributed by atoms with E-state index in [2.05, 4.69) is 0 Å². The maximum absolute atomic E-state index is 12.6. The van der Waals surface area contributed by atoms with Gasteiger partial charge in [-0.1, -0.05) is 36.4 Å². The largest absolute Gasteiger partial charge is 0.288 e. The van der Waals surface area contributed by atoms with E-state index < -0.39 is 21.4 Å². The Kier molecular flexibility index (Phi) is 3.27. The fourth-order valence-electron chi connectivity index (χ4n) is 2.55. The standard InChI is InChI=1S/C15H13NO4S/c17-15(11-6-2-1-3-7-11)16-13-9-5-4-8-12(13)10-14(16)21(18,19)20/h1-9,14H,10H2,(H,18,19,20). The second-order valence-corrected chi connectivity index (χ2v) is 6.42. The van der Waals surface area contributed by atoms with Gasteiger partial charge in [-0.2, -0.15) is 8.42 Å². The molecule has 5 nitrogen and oxygen atoms in total. The molecule has 0 aliphatic carbocycles. The van der Waals surface area contributed by atoms with Crippen LogP contribution in [0.1, 0.15) is 15.9 Å². The van der Waals surface area contributed by atoms with Crippen LogP contribution < -0.4 is 4.90 Å². The third-order valence-electron chi connectivity index (χ3n) is 3.52. The highest BCUT2D eigenvalue weighted by molar-refractivity contribution is 7.86. The van der Waals surface area contributed by atoms with E-state index in [1.54, 1.807) is 54.6 Å². The van der Waals surface area contributed by atoms with Gasteiger partial charge in [0.1, 0.15) is 0 Å². The molecular formula is C15H13NO4S. The summed E-state index contributed by atoms with van der Waals surface area (Å²) < 4.78 is 32.7. The second-order valence-electron chi connectivity index (χ2n) is 4.84. The van der Waals surface area contributed by atoms with Crippen molar-refractivity contribution in [2.24, 2.45) is 0 Å². The molecule has 1 aliphatic rings. The van der Waals surface area contributed by atoms with Crippen molar-refractivity contribution >= 4 is 21.7 Å². The number of amides is 1. The monoisotopic (exact) mass is 303 g/mol. The number of benzene rings is 2. The van der Waals surface area contributed by atoms with Gasteiger partial charge < -0.3 is 0 Å². The fraction of sp³-hybridized carbons (Fsp3) is 0.133. The minimum atomic E-state index is -4.37. The Labute approximate surface area is 122 Å². The molecule has 2 aromatic rings. The lowest BCUT2D eigenvalue weighted by Gasteiger charge is -2.23. The average molecular weight is 303 g/mol. The van der Waals surface area contributed by atoms with Crippen molar-refractivity contribution in [3.63, 3.8) is 0 Å². The molecule has 0 bridgehead atoms. The Morgan fingerprint density at radius 3 is 2.33 bits per heavy atom. The van der Waals surface area contributed by atoms with Gasteiger partial charge in [0, 0.05) is 17.7 Å². The quantitative estimate of drug-likeness (QED) is 0.862. The molecule has 0 radical (unpaired) electrons. The lowest BCUT2D eigenvalue weighted by atomic mass is 10.1. The number of rotatable bonds is 2. The fourth-order valence-corrected chi connectivity index (χ4v) is 3.42. The topological polar surface area (TPSA) is 74.7 Å². The molecule has 0 saturated heterocycles. The Bertz CT molecular complexity index is 786. The average Bonchev–Trinajstić information content (AvgIpc) is 2.87. The summed E-state index contributed by atoms with van der Waals surface area (Å²) in [5, 5.41) is -1.28. The maximum Gasteiger partial charge on any atom is 0.287 e. The predicted molar refractivity (Wildman–Crippen MR) is 78.7 cm³/mol. The van der Waals surface area contributed by atoms with E-state index in [-0.39, 0.29) is 6.42 Å². The zero-order valence-electron chi connectivity index (χ0n) is 11.0. The molecule has 0 fully saturated rings. The molecule has 0 spiro atoms. The van der Waals surface area contributed by atoms with Crippen molar-refractivity contribution in [1.29, 1.82) is 0 Å². The van der Waals surface area contributed by atoms with Crippen LogP contribution in [0.5, 0.6) is 0 Å². The number of anilines is 1. The highest BCUT2D eigenvalue weighted by Gasteiger charge is 2.41. The molecule has 0 aromatic heterocycles. The second kappa shape index (κ2) is 4.98. The van der Waals surface area contributed by atoms with Crippen LogP contribution in [0.15, 0.2) is 54.6 Å². The smallest absolute Gasteiger partial charge is 0.287 e. The Balaban J connectivity index is 2.10. The van der Waals surface area contributed by atoms with E-state index in [4.69, 9.17) is 0 Å². The number of carbonyl (C=O) groups excluding carboxylic acids is 1. The normalized spacial score (nSPS) is 17.6. The van der Waals surface area contributed by atoms with E-state index >= 15 is 0 Å². The summed E-state index contributed by atoms with van der Waals surface area (Å²) in [6, 6.07) is 15.4. The van der Waals surface area contributed by atoms with Crippen molar-refractivity contribution in [3.05, 3.63) is 65.7 Å². The van der Waals surface area contributed by atoms with Crippen LogP contribution in [0.3, 0.4) is 0 Å². The van der Waals surface area contributed by atoms with E-state index in [9.17, 15) is 17.8 Å². The van der Waals surface area contributed by atoms with Crippen molar-refractivity contribution in [2.45, 2.75) is 11.8 Å². The molecule has 3 rings (SSSR count). The summed E-state index contributed by atoms with van der Waals surface area (Å²) in [4.78, 5) is 13.8. The third kappa shape index (κ3) is 2.43. The molecule has 1 aliphatic heterocycles. The number of carbonyl (C=O) groups is 1. The van der Waals surface area contributed by atoms with Gasteiger partial charge in [-0.15, -0.1) is 0 Å². The highest BCUT2D eigenvalue weighted by Crippen LogP contribution is 2.35. The molecule has 108 valence electrons. The maximum atomic E-state index is 12.6. The first-order valence-corrected chi connectivity index (χ1v) is 7.91. The highest BCUT2D eigenvalue weighted by atomic mass is 32.2. The number of para-hydroxylation sites is 1. The van der Waals surface area contributed by atoms with Gasteiger partial charge in [0.15, 0.2) is 5.37 Å². The van der Waals surface area contributed by atoms with Crippen molar-refractivity contribution in [2.75, 3.05) is 4.90 Å². The number of hydrogen-bond donors (Lipinski definition) is 1. The van der Waals surface area contributed by atoms with E-state index in [0.29, 0.717) is 11.3 Å². The number of fused-ring (bicyclic) bond motifs is 1. The van der Waals surface area contributed by atoms with E-state index in [1.807, 2.05) is 0 Å². The molecule has 21 heavy (non-hydrogen) atoms. The third-order valence-corrected chi connectivity index (χ3v) is 4.58. The first-order valence-electron chi connectivity index (χ1n) is 6.41. The minimum absolute atomic E-state index is 0.0909. The molecule has 1 heterocycles. The first-order chi connectivity index (χ1) is 9.98. The predicted octanol–water partition coefficient (Wildman–Crippen LogP) is 2.10. The van der Waals surface area contributed by atoms with Crippen molar-refractivity contribution in [1.82, 2.24) is 0 Å². The lowest BCUT2D eigenvalue weighted by Crippen LogP contribution is -2.42. The van der Waals surface area contributed by atoms with Crippen LogP contribution in [0.2, 0.25) is 0 Å². The van der Waals surface area contributed by atoms with E-state index in [0.717, 1.165) is 10.5 Å². The molecule has 2 aromatic carbocycles. The van der Waals surface area contributed by atoms with Crippen LogP contribution in [-0.2, 0) is 16.5 Å². The molecule has 6 heteroatoms. The molecular weight excluding hydrogens is 290 g/mol. The van der Waals surface area contributed by atoms with Gasteiger partial charge in [0.2, 0.25) is 0 Å². The van der Waals surface area contributed by atoms with Gasteiger partial charge >= 0.3 is 0 Å². The van der Waals surface area contributed by atoms with Crippen molar-refractivity contribution in [3.8, 4) is 0 Å². The molecule has 1 unspecified atom stereocenters. The summed E-state index contributed by atoms with van der Waals surface area (Å²) in [6.07, 6.45) is 0.0909. The van der Waals surface area contributed by atoms with Gasteiger partial charge in [-0.05, 0) is 23.8 Å². The van der Waals surface area contributed by atoms with Gasteiger partial charge in [-0.25, -0.2) is 0 Å². The van der Waals surface area contributed by atoms with Crippen LogP contribution in [-0.4, -0.2) is 24.3 Å². The van der Waals surface area contributed by atoms with Crippen LogP contribution in [0, 0.1) is 0 Å². The Morgan fingerprint density at radius 1 is 1.05 bits per heavy atom.